The standard InChI is InChI=1S/C20H16ClFN4O2S2/c21-15-10-18(30(27,28)26-20-24-7-8-29-20)16(22)11-17(15)25-19(23)14-6-5-12-3-1-2-4-13(12)9-14/h1-11,19,25H,23H2,(H,24,26)/t19-/m1/s1. The number of anilines is 2. The Kier molecular flexibility index (Phi) is 5.61. The van der Waals surface area contributed by atoms with Crippen molar-refractivity contribution in [1.29, 1.82) is 0 Å². The summed E-state index contributed by atoms with van der Waals surface area (Å²) in [5.74, 6) is -0.961. The number of nitrogens with two attached hydrogens (primary N) is 1. The molecule has 0 unspecified atom stereocenters. The van der Waals surface area contributed by atoms with Crippen molar-refractivity contribution in [3.05, 3.63) is 82.6 Å². The maximum Gasteiger partial charge on any atom is 0.266 e. The van der Waals surface area contributed by atoms with E-state index >= 15 is 0 Å². The summed E-state index contributed by atoms with van der Waals surface area (Å²) < 4.78 is 41.8. The van der Waals surface area contributed by atoms with Crippen LogP contribution >= 0.6 is 22.9 Å². The predicted molar refractivity (Wildman–Crippen MR) is 119 cm³/mol. The van der Waals surface area contributed by atoms with Gasteiger partial charge in [0.1, 0.15) is 16.9 Å². The Morgan fingerprint density at radius 3 is 2.60 bits per heavy atom. The molecule has 1 aromatic heterocycles. The normalized spacial score (nSPS) is 12.6. The molecule has 0 saturated carbocycles. The van der Waals surface area contributed by atoms with E-state index in [9.17, 15) is 12.8 Å². The molecule has 6 nitrogen and oxygen atoms in total. The summed E-state index contributed by atoms with van der Waals surface area (Å²) in [6, 6.07) is 15.6. The third-order valence-corrected chi connectivity index (χ3v) is 6.89. The van der Waals surface area contributed by atoms with Crippen LogP contribution in [0.2, 0.25) is 5.02 Å². The SMILES string of the molecule is N[C@H](Nc1cc(F)c(S(=O)(=O)Nc2nccs2)cc1Cl)c1ccc2ccccc2c1. The van der Waals surface area contributed by atoms with E-state index in [-0.39, 0.29) is 15.8 Å². The highest BCUT2D eigenvalue weighted by atomic mass is 35.5. The summed E-state index contributed by atoms with van der Waals surface area (Å²) in [4.78, 5) is 3.26. The largest absolute Gasteiger partial charge is 0.365 e. The number of fused-ring (bicyclic) bond motifs is 1. The highest BCUT2D eigenvalue weighted by molar-refractivity contribution is 7.93. The maximum atomic E-state index is 14.6. The van der Waals surface area contributed by atoms with Crippen molar-refractivity contribution in [2.24, 2.45) is 5.73 Å². The van der Waals surface area contributed by atoms with Gasteiger partial charge >= 0.3 is 0 Å². The average molecular weight is 463 g/mol. The van der Waals surface area contributed by atoms with E-state index in [0.717, 1.165) is 39.8 Å². The quantitative estimate of drug-likeness (QED) is 0.352. The molecule has 0 bridgehead atoms. The first-order valence-corrected chi connectivity index (χ1v) is 11.5. The number of halogens is 2. The zero-order chi connectivity index (χ0) is 21.3. The van der Waals surface area contributed by atoms with Gasteiger partial charge in [0.2, 0.25) is 0 Å². The van der Waals surface area contributed by atoms with Gasteiger partial charge < -0.3 is 11.1 Å². The molecule has 0 amide bonds. The molecule has 3 aromatic carbocycles. The second kappa shape index (κ2) is 8.19. The summed E-state index contributed by atoms with van der Waals surface area (Å²) in [5, 5.41) is 6.77. The summed E-state index contributed by atoms with van der Waals surface area (Å²) >= 11 is 7.30. The Hall–Kier alpha value is -2.72. The molecule has 4 N–H and O–H groups in total. The fourth-order valence-electron chi connectivity index (χ4n) is 2.94. The minimum atomic E-state index is -4.18. The van der Waals surface area contributed by atoms with E-state index in [1.165, 1.54) is 6.20 Å². The van der Waals surface area contributed by atoms with Crippen LogP contribution in [0.4, 0.5) is 15.2 Å². The van der Waals surface area contributed by atoms with Gasteiger partial charge in [0, 0.05) is 11.6 Å². The van der Waals surface area contributed by atoms with Gasteiger partial charge in [-0.25, -0.2) is 17.8 Å². The Bertz CT molecular complexity index is 1310. The number of nitrogens with zero attached hydrogens (tertiary/aromatic N) is 1. The summed E-state index contributed by atoms with van der Waals surface area (Å²) in [6.45, 7) is 0. The second-order valence-electron chi connectivity index (χ2n) is 6.43. The lowest BCUT2D eigenvalue weighted by atomic mass is 10.1. The van der Waals surface area contributed by atoms with Crippen LogP contribution in [0, 0.1) is 5.82 Å². The second-order valence-corrected chi connectivity index (χ2v) is 9.39. The monoisotopic (exact) mass is 462 g/mol. The molecule has 0 spiro atoms. The van der Waals surface area contributed by atoms with Crippen LogP contribution < -0.4 is 15.8 Å². The first kappa shape index (κ1) is 20.5. The third kappa shape index (κ3) is 4.24. The summed E-state index contributed by atoms with van der Waals surface area (Å²) in [7, 11) is -4.18. The number of aromatic nitrogens is 1. The minimum absolute atomic E-state index is 0.0205. The fourth-order valence-corrected chi connectivity index (χ4v) is 5.10. The van der Waals surface area contributed by atoms with Crippen molar-refractivity contribution in [1.82, 2.24) is 4.98 Å². The van der Waals surface area contributed by atoms with Crippen LogP contribution in [-0.2, 0) is 10.0 Å². The zero-order valence-corrected chi connectivity index (χ0v) is 17.7. The number of benzene rings is 3. The molecule has 30 heavy (non-hydrogen) atoms. The molecule has 0 saturated heterocycles. The highest BCUT2D eigenvalue weighted by Gasteiger charge is 2.23. The lowest BCUT2D eigenvalue weighted by Crippen LogP contribution is -2.21. The van der Waals surface area contributed by atoms with Crippen LogP contribution in [0.15, 0.2) is 71.1 Å². The van der Waals surface area contributed by atoms with Crippen LogP contribution in [-0.4, -0.2) is 13.4 Å². The number of nitrogens with one attached hydrogen (secondary N) is 2. The third-order valence-electron chi connectivity index (χ3n) is 4.41. The number of rotatable bonds is 6. The molecule has 10 heteroatoms. The molecular formula is C20H16ClFN4O2S2. The van der Waals surface area contributed by atoms with E-state index in [1.54, 1.807) is 5.38 Å². The van der Waals surface area contributed by atoms with E-state index in [1.807, 2.05) is 42.5 Å². The number of sulfonamides is 1. The van der Waals surface area contributed by atoms with Crippen molar-refractivity contribution in [2.45, 2.75) is 11.1 Å². The van der Waals surface area contributed by atoms with Gasteiger partial charge in [-0.3, -0.25) is 4.72 Å². The minimum Gasteiger partial charge on any atom is -0.365 e. The smallest absolute Gasteiger partial charge is 0.266 e. The summed E-state index contributed by atoms with van der Waals surface area (Å²) in [5.41, 5.74) is 7.18. The van der Waals surface area contributed by atoms with Gasteiger partial charge in [0.15, 0.2) is 5.13 Å². The number of thiazole rings is 1. The van der Waals surface area contributed by atoms with Crippen molar-refractivity contribution in [3.63, 3.8) is 0 Å². The van der Waals surface area contributed by atoms with E-state index in [4.69, 9.17) is 17.3 Å². The highest BCUT2D eigenvalue weighted by Crippen LogP contribution is 2.31. The summed E-state index contributed by atoms with van der Waals surface area (Å²) in [6.07, 6.45) is 0.759. The van der Waals surface area contributed by atoms with Crippen LogP contribution in [0.1, 0.15) is 11.7 Å². The van der Waals surface area contributed by atoms with Gasteiger partial charge in [0.25, 0.3) is 10.0 Å². The van der Waals surface area contributed by atoms with Gasteiger partial charge in [0.05, 0.1) is 10.7 Å². The maximum absolute atomic E-state index is 14.6. The van der Waals surface area contributed by atoms with Gasteiger partial charge in [-0.1, -0.05) is 48.0 Å². The van der Waals surface area contributed by atoms with E-state index in [2.05, 4.69) is 15.0 Å². The van der Waals surface area contributed by atoms with E-state index in [0.29, 0.717) is 0 Å². The Balaban J connectivity index is 1.59. The lowest BCUT2D eigenvalue weighted by Gasteiger charge is -2.18. The van der Waals surface area contributed by atoms with Gasteiger partial charge in [-0.15, -0.1) is 11.3 Å². The Labute approximate surface area is 181 Å². The molecular weight excluding hydrogens is 447 g/mol. The van der Waals surface area contributed by atoms with Crippen LogP contribution in [0.25, 0.3) is 10.8 Å². The lowest BCUT2D eigenvalue weighted by molar-refractivity contribution is 0.570. The molecule has 1 heterocycles. The first-order valence-electron chi connectivity index (χ1n) is 8.76. The first-order chi connectivity index (χ1) is 14.3. The predicted octanol–water partition coefficient (Wildman–Crippen LogP) is 4.96. The molecule has 1 atom stereocenters. The molecule has 0 aliphatic heterocycles. The molecule has 0 aliphatic rings. The van der Waals surface area contributed by atoms with Crippen molar-refractivity contribution in [3.8, 4) is 0 Å². The van der Waals surface area contributed by atoms with Crippen LogP contribution in [0.5, 0.6) is 0 Å². The van der Waals surface area contributed by atoms with Crippen molar-refractivity contribution >= 4 is 54.6 Å². The van der Waals surface area contributed by atoms with Crippen LogP contribution in [0.3, 0.4) is 0 Å². The van der Waals surface area contributed by atoms with Crippen molar-refractivity contribution in [2.75, 3.05) is 10.0 Å². The fraction of sp³-hybridized carbons (Fsp3) is 0.0500. The number of hydrogen-bond donors (Lipinski definition) is 3. The molecule has 4 rings (SSSR count). The van der Waals surface area contributed by atoms with Gasteiger partial charge in [-0.05, 0) is 34.5 Å². The zero-order valence-electron chi connectivity index (χ0n) is 15.3. The van der Waals surface area contributed by atoms with Crippen molar-refractivity contribution < 1.29 is 12.8 Å². The molecule has 0 aliphatic carbocycles. The Morgan fingerprint density at radius 2 is 1.87 bits per heavy atom. The number of hydrogen-bond acceptors (Lipinski definition) is 6. The average Bonchev–Trinajstić information content (AvgIpc) is 3.22. The molecule has 0 radical (unpaired) electrons. The topological polar surface area (TPSA) is 97.1 Å². The molecule has 4 aromatic rings. The molecule has 154 valence electrons. The molecule has 0 fully saturated rings. The van der Waals surface area contributed by atoms with Gasteiger partial charge in [-0.2, -0.15) is 0 Å². The Morgan fingerprint density at radius 1 is 1.10 bits per heavy atom. The van der Waals surface area contributed by atoms with E-state index < -0.39 is 26.9 Å².